The van der Waals surface area contributed by atoms with E-state index in [0.717, 1.165) is 26.7 Å². The summed E-state index contributed by atoms with van der Waals surface area (Å²) in [5.74, 6) is 0.910. The Hall–Kier alpha value is -2.19. The Morgan fingerprint density at radius 2 is 1.68 bits per heavy atom. The summed E-state index contributed by atoms with van der Waals surface area (Å²) in [6.07, 6.45) is 14.3. The highest BCUT2D eigenvalue weighted by Crippen LogP contribution is 2.27. The van der Waals surface area contributed by atoms with E-state index < -0.39 is 0 Å². The fourth-order valence-electron chi connectivity index (χ4n) is 2.22. The number of ether oxygens (including phenoxy) is 1. The van der Waals surface area contributed by atoms with Gasteiger partial charge in [0.1, 0.15) is 5.75 Å². The molecule has 0 unspecified atom stereocenters. The SMILES string of the molecule is C=C(C=CC(/C=C\C)=C/C)SC(=C)/C=C/c1cc(C)c(C)c(OC)c1. The van der Waals surface area contributed by atoms with Crippen LogP contribution in [0.3, 0.4) is 0 Å². The lowest BCUT2D eigenvalue weighted by Crippen LogP contribution is -1.91. The molecule has 0 saturated heterocycles. The van der Waals surface area contributed by atoms with Crippen LogP contribution in [-0.2, 0) is 0 Å². The molecule has 0 atom stereocenters. The monoisotopic (exact) mass is 352 g/mol. The van der Waals surface area contributed by atoms with Gasteiger partial charge in [-0.25, -0.2) is 0 Å². The highest BCUT2D eigenvalue weighted by Gasteiger charge is 2.03. The molecule has 0 aliphatic carbocycles. The minimum Gasteiger partial charge on any atom is -0.496 e. The maximum atomic E-state index is 5.43. The molecule has 1 aromatic carbocycles. The van der Waals surface area contributed by atoms with Gasteiger partial charge in [-0.1, -0.05) is 61.4 Å². The molecule has 2 heteroatoms. The largest absolute Gasteiger partial charge is 0.496 e. The molecule has 0 aliphatic heterocycles. The molecule has 0 heterocycles. The normalized spacial score (nSPS) is 12.4. The van der Waals surface area contributed by atoms with Crippen molar-refractivity contribution in [2.45, 2.75) is 27.7 Å². The van der Waals surface area contributed by atoms with E-state index in [2.05, 4.69) is 57.4 Å². The van der Waals surface area contributed by atoms with E-state index in [1.807, 2.05) is 38.1 Å². The summed E-state index contributed by atoms with van der Waals surface area (Å²) >= 11 is 1.56. The fourth-order valence-corrected chi connectivity index (χ4v) is 2.83. The average Bonchev–Trinajstić information content (AvgIpc) is 2.59. The number of hydrogen-bond acceptors (Lipinski definition) is 2. The van der Waals surface area contributed by atoms with Crippen molar-refractivity contribution < 1.29 is 4.74 Å². The minimum absolute atomic E-state index is 0.910. The third kappa shape index (κ3) is 7.06. The first-order valence-electron chi connectivity index (χ1n) is 8.27. The smallest absolute Gasteiger partial charge is 0.122 e. The van der Waals surface area contributed by atoms with Gasteiger partial charge in [-0.3, -0.25) is 0 Å². The maximum absolute atomic E-state index is 5.43. The van der Waals surface area contributed by atoms with Crippen LogP contribution in [0.2, 0.25) is 0 Å². The molecule has 0 aliphatic rings. The van der Waals surface area contributed by atoms with E-state index in [1.165, 1.54) is 11.1 Å². The molecule has 1 nitrogen and oxygen atoms in total. The van der Waals surface area contributed by atoms with Gasteiger partial charge in [-0.05, 0) is 68.2 Å². The molecule has 0 aromatic heterocycles. The first-order valence-corrected chi connectivity index (χ1v) is 9.09. The predicted molar refractivity (Wildman–Crippen MR) is 115 cm³/mol. The molecule has 0 spiro atoms. The van der Waals surface area contributed by atoms with Crippen molar-refractivity contribution in [1.82, 2.24) is 0 Å². The zero-order chi connectivity index (χ0) is 18.8. The minimum atomic E-state index is 0.910. The zero-order valence-electron chi connectivity index (χ0n) is 15.9. The van der Waals surface area contributed by atoms with Crippen LogP contribution in [0, 0.1) is 13.8 Å². The molecule has 0 radical (unpaired) electrons. The zero-order valence-corrected chi connectivity index (χ0v) is 16.7. The average molecular weight is 353 g/mol. The van der Waals surface area contributed by atoms with Gasteiger partial charge in [0, 0.05) is 9.81 Å². The van der Waals surface area contributed by atoms with E-state index >= 15 is 0 Å². The Bertz CT molecular complexity index is 746. The van der Waals surface area contributed by atoms with Gasteiger partial charge in [-0.2, -0.15) is 0 Å². The molecule has 0 fully saturated rings. The van der Waals surface area contributed by atoms with Crippen LogP contribution in [0.5, 0.6) is 5.75 Å². The van der Waals surface area contributed by atoms with Crippen molar-refractivity contribution in [1.29, 1.82) is 0 Å². The Labute approximate surface area is 157 Å². The quantitative estimate of drug-likeness (QED) is 0.459. The Morgan fingerprint density at radius 3 is 2.28 bits per heavy atom. The lowest BCUT2D eigenvalue weighted by atomic mass is 10.0. The molecule has 0 bridgehead atoms. The van der Waals surface area contributed by atoms with Crippen molar-refractivity contribution in [3.05, 3.63) is 93.8 Å². The van der Waals surface area contributed by atoms with Crippen molar-refractivity contribution in [3.63, 3.8) is 0 Å². The summed E-state index contributed by atoms with van der Waals surface area (Å²) in [6, 6.07) is 4.19. The fraction of sp³-hybridized carbons (Fsp3) is 0.217. The molecular weight excluding hydrogens is 324 g/mol. The summed E-state index contributed by atoms with van der Waals surface area (Å²) in [6.45, 7) is 16.4. The van der Waals surface area contributed by atoms with Crippen LogP contribution < -0.4 is 4.74 Å². The lowest BCUT2D eigenvalue weighted by molar-refractivity contribution is 0.411. The van der Waals surface area contributed by atoms with Crippen LogP contribution >= 0.6 is 11.8 Å². The van der Waals surface area contributed by atoms with Gasteiger partial charge in [0.2, 0.25) is 0 Å². The lowest BCUT2D eigenvalue weighted by Gasteiger charge is -2.09. The van der Waals surface area contributed by atoms with E-state index in [4.69, 9.17) is 4.74 Å². The summed E-state index contributed by atoms with van der Waals surface area (Å²) in [7, 11) is 1.70. The number of thioether (sulfide) groups is 1. The van der Waals surface area contributed by atoms with E-state index in [9.17, 15) is 0 Å². The Balaban J connectivity index is 2.73. The van der Waals surface area contributed by atoms with Crippen LogP contribution in [0.1, 0.15) is 30.5 Å². The van der Waals surface area contributed by atoms with Crippen molar-refractivity contribution in [2.75, 3.05) is 7.11 Å². The predicted octanol–water partition coefficient (Wildman–Crippen LogP) is 7.16. The molecule has 0 N–H and O–H groups in total. The first kappa shape index (κ1) is 20.9. The van der Waals surface area contributed by atoms with Gasteiger partial charge in [0.15, 0.2) is 0 Å². The van der Waals surface area contributed by atoms with E-state index in [-0.39, 0.29) is 0 Å². The molecular formula is C23H28OS. The number of rotatable bonds is 8. The number of aryl methyl sites for hydroxylation is 1. The van der Waals surface area contributed by atoms with Crippen molar-refractivity contribution in [3.8, 4) is 5.75 Å². The molecule has 25 heavy (non-hydrogen) atoms. The summed E-state index contributed by atoms with van der Waals surface area (Å²) < 4.78 is 5.43. The number of allylic oxidation sites excluding steroid dienone is 7. The van der Waals surface area contributed by atoms with Gasteiger partial charge in [-0.15, -0.1) is 0 Å². The van der Waals surface area contributed by atoms with Crippen LogP contribution in [0.4, 0.5) is 0 Å². The Morgan fingerprint density at radius 1 is 1.00 bits per heavy atom. The summed E-state index contributed by atoms with van der Waals surface area (Å²) in [5, 5.41) is 0. The van der Waals surface area contributed by atoms with Gasteiger partial charge in [0.25, 0.3) is 0 Å². The standard InChI is InChI=1S/C23H28OS/c1-8-10-21(9-2)13-11-18(4)25-19(5)12-14-22-15-17(3)20(6)23(16-22)24-7/h8-16H,4-5H2,1-3,6-7H3/b10-8-,13-11?,14-12+,21-9+. The first-order chi connectivity index (χ1) is 11.9. The number of hydrogen-bond donors (Lipinski definition) is 0. The third-order valence-corrected chi connectivity index (χ3v) is 4.54. The molecule has 0 amide bonds. The van der Waals surface area contributed by atoms with E-state index in [1.54, 1.807) is 18.9 Å². The Kier molecular flexibility index (Phi) is 8.87. The van der Waals surface area contributed by atoms with Crippen LogP contribution in [0.25, 0.3) is 6.08 Å². The molecule has 1 aromatic rings. The molecule has 0 saturated carbocycles. The highest BCUT2D eigenvalue weighted by molar-refractivity contribution is 8.07. The number of methoxy groups -OCH3 is 1. The molecule has 1 rings (SSSR count). The second-order valence-corrected chi connectivity index (χ2v) is 6.91. The van der Waals surface area contributed by atoms with Crippen LogP contribution in [-0.4, -0.2) is 7.11 Å². The van der Waals surface area contributed by atoms with Crippen molar-refractivity contribution in [2.24, 2.45) is 0 Å². The van der Waals surface area contributed by atoms with E-state index in [0.29, 0.717) is 0 Å². The topological polar surface area (TPSA) is 9.23 Å². The van der Waals surface area contributed by atoms with Gasteiger partial charge >= 0.3 is 0 Å². The van der Waals surface area contributed by atoms with Gasteiger partial charge in [0.05, 0.1) is 7.11 Å². The molecule has 132 valence electrons. The third-order valence-electron chi connectivity index (χ3n) is 3.74. The van der Waals surface area contributed by atoms with Gasteiger partial charge < -0.3 is 4.74 Å². The highest BCUT2D eigenvalue weighted by atomic mass is 32.2. The maximum Gasteiger partial charge on any atom is 0.122 e. The van der Waals surface area contributed by atoms with Crippen molar-refractivity contribution >= 4 is 17.8 Å². The second-order valence-electron chi connectivity index (χ2n) is 5.66. The summed E-state index contributed by atoms with van der Waals surface area (Å²) in [4.78, 5) is 1.90. The second kappa shape index (κ2) is 10.6. The number of benzene rings is 1. The summed E-state index contributed by atoms with van der Waals surface area (Å²) in [5.41, 5.74) is 4.65. The van der Waals surface area contributed by atoms with Crippen LogP contribution in [0.15, 0.2) is 77.1 Å².